The van der Waals surface area contributed by atoms with Crippen molar-refractivity contribution in [1.82, 2.24) is 14.9 Å². The van der Waals surface area contributed by atoms with Crippen molar-refractivity contribution in [3.8, 4) is 0 Å². The third kappa shape index (κ3) is 3.23. The molecule has 2 rings (SSSR count). The van der Waals surface area contributed by atoms with Crippen LogP contribution in [-0.4, -0.2) is 24.9 Å². The summed E-state index contributed by atoms with van der Waals surface area (Å²) < 4.78 is 27.2. The number of thioether (sulfide) groups is 1. The maximum atomic E-state index is 12.2. The third-order valence-electron chi connectivity index (χ3n) is 3.02. The number of sulfonamides is 1. The highest BCUT2D eigenvalue weighted by Crippen LogP contribution is 2.21. The minimum atomic E-state index is -3.56. The molecule has 5 nitrogen and oxygen atoms in total. The van der Waals surface area contributed by atoms with Crippen LogP contribution in [0.2, 0.25) is 0 Å². The Hall–Kier alpha value is -1.31. The van der Waals surface area contributed by atoms with Gasteiger partial charge in [-0.1, -0.05) is 12.1 Å². The van der Waals surface area contributed by atoms with E-state index in [1.807, 2.05) is 37.4 Å². The van der Waals surface area contributed by atoms with E-state index in [1.165, 1.54) is 6.20 Å². The van der Waals surface area contributed by atoms with Crippen LogP contribution >= 0.6 is 11.8 Å². The lowest BCUT2D eigenvalue weighted by molar-refractivity contribution is 0.566. The van der Waals surface area contributed by atoms with E-state index in [0.29, 0.717) is 5.69 Å². The summed E-state index contributed by atoms with van der Waals surface area (Å²) in [6.07, 6.45) is 3.32. The van der Waals surface area contributed by atoms with Crippen LogP contribution in [0.4, 0.5) is 0 Å². The van der Waals surface area contributed by atoms with Gasteiger partial charge in [0.25, 0.3) is 0 Å². The van der Waals surface area contributed by atoms with Crippen LogP contribution in [0, 0.1) is 6.92 Å². The molecule has 0 spiro atoms. The molecule has 0 saturated heterocycles. The number of aromatic nitrogens is 2. The predicted molar refractivity (Wildman–Crippen MR) is 80.3 cm³/mol. The zero-order valence-corrected chi connectivity index (χ0v) is 13.2. The Morgan fingerprint density at radius 2 is 1.95 bits per heavy atom. The van der Waals surface area contributed by atoms with Gasteiger partial charge in [-0.25, -0.2) is 13.1 Å². The van der Waals surface area contributed by atoms with Gasteiger partial charge in [-0.05, 0) is 37.8 Å². The van der Waals surface area contributed by atoms with Gasteiger partial charge in [-0.15, -0.1) is 11.8 Å². The second-order valence-corrected chi connectivity index (χ2v) is 7.04. The van der Waals surface area contributed by atoms with Crippen LogP contribution < -0.4 is 4.72 Å². The summed E-state index contributed by atoms with van der Waals surface area (Å²) in [6, 6.07) is 7.52. The van der Waals surface area contributed by atoms with E-state index >= 15 is 0 Å². The van der Waals surface area contributed by atoms with Crippen molar-refractivity contribution < 1.29 is 8.42 Å². The monoisotopic (exact) mass is 311 g/mol. The summed E-state index contributed by atoms with van der Waals surface area (Å²) in [5.41, 5.74) is 1.45. The Labute approximate surface area is 123 Å². The molecular formula is C13H17N3O2S2. The van der Waals surface area contributed by atoms with Crippen LogP contribution in [0.5, 0.6) is 0 Å². The highest BCUT2D eigenvalue weighted by molar-refractivity contribution is 7.98. The molecule has 1 heterocycles. The number of nitrogens with zero attached hydrogens (tertiary/aromatic N) is 1. The lowest BCUT2D eigenvalue weighted by Gasteiger charge is -2.14. The average Bonchev–Trinajstić information content (AvgIpc) is 2.85. The fraction of sp³-hybridized carbons (Fsp3) is 0.308. The van der Waals surface area contributed by atoms with Crippen molar-refractivity contribution in [2.24, 2.45) is 0 Å². The Morgan fingerprint density at radius 3 is 2.45 bits per heavy atom. The van der Waals surface area contributed by atoms with Gasteiger partial charge < -0.3 is 0 Å². The molecule has 2 aromatic rings. The minimum absolute atomic E-state index is 0.185. The second kappa shape index (κ2) is 5.99. The largest absolute Gasteiger partial charge is 0.281 e. The number of nitrogens with one attached hydrogen (secondary N) is 2. The molecule has 1 aromatic carbocycles. The number of hydrogen-bond acceptors (Lipinski definition) is 4. The first-order valence-corrected chi connectivity index (χ1v) is 8.81. The van der Waals surface area contributed by atoms with Crippen molar-refractivity contribution in [2.45, 2.75) is 29.7 Å². The third-order valence-corrected chi connectivity index (χ3v) is 5.42. The van der Waals surface area contributed by atoms with Gasteiger partial charge in [0.05, 0.1) is 11.9 Å². The summed E-state index contributed by atoms with van der Waals surface area (Å²) in [5, 5.41) is 6.37. The molecule has 20 heavy (non-hydrogen) atoms. The van der Waals surface area contributed by atoms with E-state index in [4.69, 9.17) is 0 Å². The maximum absolute atomic E-state index is 12.2. The number of hydrogen-bond donors (Lipinski definition) is 2. The van der Waals surface area contributed by atoms with Gasteiger partial charge in [0.1, 0.15) is 4.90 Å². The second-order valence-electron chi connectivity index (χ2n) is 4.48. The van der Waals surface area contributed by atoms with Gasteiger partial charge in [0.15, 0.2) is 0 Å². The minimum Gasteiger partial charge on any atom is -0.281 e. The molecule has 0 fully saturated rings. The first-order chi connectivity index (χ1) is 9.44. The molecule has 0 saturated carbocycles. The quantitative estimate of drug-likeness (QED) is 0.832. The van der Waals surface area contributed by atoms with E-state index in [0.717, 1.165) is 10.5 Å². The van der Waals surface area contributed by atoms with Crippen molar-refractivity contribution in [3.05, 3.63) is 41.7 Å². The highest BCUT2D eigenvalue weighted by Gasteiger charge is 2.21. The van der Waals surface area contributed by atoms with E-state index in [-0.39, 0.29) is 10.9 Å². The average molecular weight is 311 g/mol. The molecule has 0 aliphatic heterocycles. The van der Waals surface area contributed by atoms with E-state index < -0.39 is 10.0 Å². The van der Waals surface area contributed by atoms with Gasteiger partial charge in [-0.2, -0.15) is 5.10 Å². The summed E-state index contributed by atoms with van der Waals surface area (Å²) in [4.78, 5) is 1.33. The lowest BCUT2D eigenvalue weighted by Crippen LogP contribution is -2.27. The summed E-state index contributed by atoms with van der Waals surface area (Å²) in [5.74, 6) is 0. The normalized spacial score (nSPS) is 13.3. The molecule has 0 amide bonds. The molecule has 1 aromatic heterocycles. The number of aromatic amines is 1. The Balaban J connectivity index is 2.18. The predicted octanol–water partition coefficient (Wildman–Crippen LogP) is 2.48. The fourth-order valence-electron chi connectivity index (χ4n) is 1.87. The number of rotatable bonds is 5. The molecule has 108 valence electrons. The molecular weight excluding hydrogens is 294 g/mol. The lowest BCUT2D eigenvalue weighted by atomic mass is 10.1. The molecule has 0 aliphatic carbocycles. The van der Waals surface area contributed by atoms with E-state index in [9.17, 15) is 8.42 Å². The summed E-state index contributed by atoms with van der Waals surface area (Å²) in [7, 11) is -3.56. The first-order valence-electron chi connectivity index (χ1n) is 6.10. The Bertz CT molecular complexity index is 678. The molecule has 0 bridgehead atoms. The van der Waals surface area contributed by atoms with Gasteiger partial charge in [0.2, 0.25) is 10.0 Å². The van der Waals surface area contributed by atoms with Crippen molar-refractivity contribution in [2.75, 3.05) is 6.26 Å². The molecule has 1 unspecified atom stereocenters. The summed E-state index contributed by atoms with van der Waals surface area (Å²) in [6.45, 7) is 3.50. The molecule has 0 radical (unpaired) electrons. The smallest absolute Gasteiger partial charge is 0.244 e. The van der Waals surface area contributed by atoms with Crippen molar-refractivity contribution >= 4 is 21.8 Å². The highest BCUT2D eigenvalue weighted by atomic mass is 32.2. The van der Waals surface area contributed by atoms with Gasteiger partial charge >= 0.3 is 0 Å². The van der Waals surface area contributed by atoms with Crippen molar-refractivity contribution in [3.63, 3.8) is 0 Å². The molecule has 0 aliphatic rings. The molecule has 7 heteroatoms. The van der Waals surface area contributed by atoms with Crippen LogP contribution in [0.25, 0.3) is 0 Å². The van der Waals surface area contributed by atoms with Crippen LogP contribution in [0.15, 0.2) is 40.3 Å². The van der Waals surface area contributed by atoms with Crippen LogP contribution in [-0.2, 0) is 10.0 Å². The first kappa shape index (κ1) is 15.1. The summed E-state index contributed by atoms with van der Waals surface area (Å²) >= 11 is 1.65. The number of benzene rings is 1. The number of H-pyrrole nitrogens is 1. The zero-order chi connectivity index (χ0) is 14.8. The molecule has 2 N–H and O–H groups in total. The Kier molecular flexibility index (Phi) is 4.52. The SMILES string of the molecule is CSc1ccc(C(C)NS(=O)(=O)c2cn[nH]c2C)cc1. The molecule has 1 atom stereocenters. The topological polar surface area (TPSA) is 74.8 Å². The maximum Gasteiger partial charge on any atom is 0.244 e. The number of aryl methyl sites for hydroxylation is 1. The van der Waals surface area contributed by atoms with Crippen molar-refractivity contribution in [1.29, 1.82) is 0 Å². The van der Waals surface area contributed by atoms with Crippen LogP contribution in [0.1, 0.15) is 24.2 Å². The van der Waals surface area contributed by atoms with E-state index in [2.05, 4.69) is 14.9 Å². The Morgan fingerprint density at radius 1 is 1.30 bits per heavy atom. The van der Waals surface area contributed by atoms with Crippen LogP contribution in [0.3, 0.4) is 0 Å². The van der Waals surface area contributed by atoms with E-state index in [1.54, 1.807) is 18.7 Å². The fourth-order valence-corrected chi connectivity index (χ4v) is 3.64. The van der Waals surface area contributed by atoms with Gasteiger partial charge in [0, 0.05) is 10.9 Å². The zero-order valence-electron chi connectivity index (χ0n) is 11.5. The standard InChI is InChI=1S/C13H17N3O2S2/c1-9(11-4-6-12(19-3)7-5-11)16-20(17,18)13-8-14-15-10(13)2/h4-9,16H,1-3H3,(H,14,15). The van der Waals surface area contributed by atoms with Gasteiger partial charge in [-0.3, -0.25) is 5.10 Å².